The Morgan fingerprint density at radius 3 is 2.63 bits per heavy atom. The molecule has 0 aromatic carbocycles. The summed E-state index contributed by atoms with van der Waals surface area (Å²) in [7, 11) is 0. The third-order valence-corrected chi connectivity index (χ3v) is 2.92. The number of rotatable bonds is 3. The van der Waals surface area contributed by atoms with E-state index in [2.05, 4.69) is 48.1 Å². The van der Waals surface area contributed by atoms with Gasteiger partial charge in [-0.05, 0) is 6.92 Å². The molecule has 6 nitrogen and oxygen atoms in total. The average Bonchev–Trinajstić information content (AvgIpc) is 2.85. The molecule has 102 valence electrons. The number of nitrogen functional groups attached to an aromatic ring is 1. The van der Waals surface area contributed by atoms with Crippen molar-refractivity contribution in [3.63, 3.8) is 0 Å². The maximum absolute atomic E-state index is 5.49. The minimum absolute atomic E-state index is 0.0691. The van der Waals surface area contributed by atoms with Crippen LogP contribution < -0.4 is 11.3 Å². The summed E-state index contributed by atoms with van der Waals surface area (Å²) >= 11 is 0. The molecule has 0 spiro atoms. The molecule has 2 heterocycles. The number of nitrogens with zero attached hydrogens (tertiary/aromatic N) is 4. The molecule has 0 unspecified atom stereocenters. The van der Waals surface area contributed by atoms with Crippen LogP contribution in [-0.4, -0.2) is 19.5 Å². The Hall–Kier alpha value is -1.95. The number of aryl methyl sites for hydroxylation is 1. The predicted octanol–water partition coefficient (Wildman–Crippen LogP) is 1.94. The van der Waals surface area contributed by atoms with Crippen LogP contribution in [0.3, 0.4) is 0 Å². The number of nitrogens with two attached hydrogens (primary N) is 1. The van der Waals surface area contributed by atoms with Crippen LogP contribution in [0.25, 0.3) is 11.5 Å². The summed E-state index contributed by atoms with van der Waals surface area (Å²) in [4.78, 5) is 13.2. The van der Waals surface area contributed by atoms with E-state index >= 15 is 0 Å². The molecule has 0 aliphatic heterocycles. The number of nitrogens with one attached hydrogen (secondary N) is 1. The van der Waals surface area contributed by atoms with E-state index in [1.54, 1.807) is 12.5 Å². The van der Waals surface area contributed by atoms with Crippen molar-refractivity contribution in [2.45, 2.75) is 39.7 Å². The summed E-state index contributed by atoms with van der Waals surface area (Å²) in [6.45, 7) is 9.20. The Kier molecular flexibility index (Phi) is 3.53. The molecule has 3 N–H and O–H groups in total. The van der Waals surface area contributed by atoms with Crippen LogP contribution in [0.4, 0.5) is 5.82 Å². The topological polar surface area (TPSA) is 81.7 Å². The van der Waals surface area contributed by atoms with Gasteiger partial charge in [0.25, 0.3) is 0 Å². The van der Waals surface area contributed by atoms with Crippen LogP contribution in [0.2, 0.25) is 0 Å². The number of hydrogen-bond donors (Lipinski definition) is 2. The molecule has 2 aromatic heterocycles. The van der Waals surface area contributed by atoms with Crippen molar-refractivity contribution in [1.82, 2.24) is 19.5 Å². The van der Waals surface area contributed by atoms with E-state index in [4.69, 9.17) is 5.84 Å². The standard InChI is InChI=1S/C13H20N6/c1-5-19-8-15-7-9(19)12-16-10(13(2,3)4)6-11(17-12)18-14/h6-8H,5,14H2,1-4H3,(H,16,17,18). The molecule has 2 aromatic rings. The number of aromatic nitrogens is 4. The quantitative estimate of drug-likeness (QED) is 0.651. The zero-order valence-electron chi connectivity index (χ0n) is 11.8. The fraction of sp³-hybridized carbons (Fsp3) is 0.462. The predicted molar refractivity (Wildman–Crippen MR) is 75.4 cm³/mol. The monoisotopic (exact) mass is 260 g/mol. The summed E-state index contributed by atoms with van der Waals surface area (Å²) in [5.74, 6) is 6.74. The molecule has 0 fully saturated rings. The van der Waals surface area contributed by atoms with Crippen molar-refractivity contribution in [2.75, 3.05) is 5.43 Å². The van der Waals surface area contributed by atoms with Gasteiger partial charge in [-0.3, -0.25) is 0 Å². The highest BCUT2D eigenvalue weighted by Gasteiger charge is 2.19. The SMILES string of the molecule is CCn1cncc1-c1nc(NN)cc(C(C)(C)C)n1. The third kappa shape index (κ3) is 2.73. The van der Waals surface area contributed by atoms with Crippen LogP contribution >= 0.6 is 0 Å². The fourth-order valence-corrected chi connectivity index (χ4v) is 1.78. The summed E-state index contributed by atoms with van der Waals surface area (Å²) in [6.07, 6.45) is 3.55. The second-order valence-electron chi connectivity index (χ2n) is 5.42. The first-order chi connectivity index (χ1) is 8.95. The summed E-state index contributed by atoms with van der Waals surface area (Å²) < 4.78 is 2.00. The van der Waals surface area contributed by atoms with Crippen molar-refractivity contribution in [3.8, 4) is 11.5 Å². The van der Waals surface area contributed by atoms with Crippen molar-refractivity contribution in [2.24, 2.45) is 5.84 Å². The van der Waals surface area contributed by atoms with Gasteiger partial charge in [-0.2, -0.15) is 0 Å². The lowest BCUT2D eigenvalue weighted by Gasteiger charge is -2.19. The molecule has 0 saturated heterocycles. The zero-order valence-corrected chi connectivity index (χ0v) is 11.8. The van der Waals surface area contributed by atoms with E-state index in [0.717, 1.165) is 17.9 Å². The molecule has 0 saturated carbocycles. The molecule has 0 radical (unpaired) electrons. The van der Waals surface area contributed by atoms with E-state index in [0.29, 0.717) is 11.6 Å². The van der Waals surface area contributed by atoms with Gasteiger partial charge in [0.1, 0.15) is 11.5 Å². The van der Waals surface area contributed by atoms with E-state index < -0.39 is 0 Å². The Bertz CT molecular complexity index is 567. The Morgan fingerprint density at radius 2 is 2.05 bits per heavy atom. The molecule has 0 aliphatic rings. The summed E-state index contributed by atoms with van der Waals surface area (Å²) in [6, 6.07) is 1.87. The lowest BCUT2D eigenvalue weighted by molar-refractivity contribution is 0.567. The third-order valence-electron chi connectivity index (χ3n) is 2.92. The zero-order chi connectivity index (χ0) is 14.0. The normalized spacial score (nSPS) is 11.6. The first-order valence-corrected chi connectivity index (χ1v) is 6.32. The minimum Gasteiger partial charge on any atom is -0.328 e. The second kappa shape index (κ2) is 4.97. The van der Waals surface area contributed by atoms with Crippen molar-refractivity contribution in [3.05, 3.63) is 24.3 Å². The largest absolute Gasteiger partial charge is 0.328 e. The maximum Gasteiger partial charge on any atom is 0.180 e. The lowest BCUT2D eigenvalue weighted by atomic mass is 9.92. The van der Waals surface area contributed by atoms with E-state index in [-0.39, 0.29) is 5.41 Å². The van der Waals surface area contributed by atoms with Gasteiger partial charge in [-0.1, -0.05) is 20.8 Å². The highest BCUT2D eigenvalue weighted by molar-refractivity contribution is 5.53. The Morgan fingerprint density at radius 1 is 1.32 bits per heavy atom. The first kappa shape index (κ1) is 13.5. The van der Waals surface area contributed by atoms with E-state index in [9.17, 15) is 0 Å². The minimum atomic E-state index is -0.0691. The van der Waals surface area contributed by atoms with Crippen molar-refractivity contribution in [1.29, 1.82) is 0 Å². The summed E-state index contributed by atoms with van der Waals surface area (Å²) in [5.41, 5.74) is 4.36. The van der Waals surface area contributed by atoms with Crippen LogP contribution in [0.15, 0.2) is 18.6 Å². The molecule has 0 aliphatic carbocycles. The Balaban J connectivity index is 2.57. The van der Waals surface area contributed by atoms with Gasteiger partial charge in [0.2, 0.25) is 0 Å². The van der Waals surface area contributed by atoms with Crippen molar-refractivity contribution < 1.29 is 0 Å². The fourth-order valence-electron chi connectivity index (χ4n) is 1.78. The van der Waals surface area contributed by atoms with Gasteiger partial charge in [0, 0.05) is 18.0 Å². The first-order valence-electron chi connectivity index (χ1n) is 6.32. The van der Waals surface area contributed by atoms with E-state index in [1.807, 2.05) is 10.6 Å². The van der Waals surface area contributed by atoms with Gasteiger partial charge in [-0.15, -0.1) is 0 Å². The number of hydrogen-bond acceptors (Lipinski definition) is 5. The van der Waals surface area contributed by atoms with Gasteiger partial charge in [0.15, 0.2) is 5.82 Å². The van der Waals surface area contributed by atoms with Gasteiger partial charge in [0.05, 0.1) is 18.2 Å². The molecule has 0 atom stereocenters. The van der Waals surface area contributed by atoms with Crippen LogP contribution in [-0.2, 0) is 12.0 Å². The number of hydrazine groups is 1. The number of anilines is 1. The Labute approximate surface area is 113 Å². The lowest BCUT2D eigenvalue weighted by Crippen LogP contribution is -2.18. The average molecular weight is 260 g/mol. The highest BCUT2D eigenvalue weighted by atomic mass is 15.3. The van der Waals surface area contributed by atoms with Crippen molar-refractivity contribution >= 4 is 5.82 Å². The van der Waals surface area contributed by atoms with Gasteiger partial charge < -0.3 is 9.99 Å². The van der Waals surface area contributed by atoms with E-state index in [1.165, 1.54) is 0 Å². The van der Waals surface area contributed by atoms with Crippen LogP contribution in [0.5, 0.6) is 0 Å². The maximum atomic E-state index is 5.49. The molecular formula is C13H20N6. The van der Waals surface area contributed by atoms with Crippen LogP contribution in [0.1, 0.15) is 33.4 Å². The molecule has 0 bridgehead atoms. The second-order valence-corrected chi connectivity index (χ2v) is 5.42. The molecule has 6 heteroatoms. The van der Waals surface area contributed by atoms with Gasteiger partial charge >= 0.3 is 0 Å². The van der Waals surface area contributed by atoms with Crippen LogP contribution in [0, 0.1) is 0 Å². The molecule has 2 rings (SSSR count). The van der Waals surface area contributed by atoms with Gasteiger partial charge in [-0.25, -0.2) is 20.8 Å². The molecular weight excluding hydrogens is 240 g/mol. The molecule has 19 heavy (non-hydrogen) atoms. The number of imidazole rings is 1. The molecule has 0 amide bonds. The summed E-state index contributed by atoms with van der Waals surface area (Å²) in [5, 5.41) is 0. The smallest absolute Gasteiger partial charge is 0.180 e. The highest BCUT2D eigenvalue weighted by Crippen LogP contribution is 2.25.